The van der Waals surface area contributed by atoms with Crippen LogP contribution >= 0.6 is 0 Å². The monoisotopic (exact) mass is 446 g/mol. The molecule has 172 valence electrons. The second kappa shape index (κ2) is 10.9. The van der Waals surface area contributed by atoms with Crippen LogP contribution in [0.3, 0.4) is 0 Å². The highest BCUT2D eigenvalue weighted by molar-refractivity contribution is 5.94. The van der Waals surface area contributed by atoms with E-state index in [-0.39, 0.29) is 42.8 Å². The van der Waals surface area contributed by atoms with Gasteiger partial charge in [0.1, 0.15) is 11.5 Å². The second-order valence-corrected chi connectivity index (χ2v) is 7.91. The maximum absolute atomic E-state index is 12.6. The highest BCUT2D eigenvalue weighted by Gasteiger charge is 2.29. The number of benzene rings is 2. The summed E-state index contributed by atoms with van der Waals surface area (Å²) in [5, 5.41) is 2.69. The van der Waals surface area contributed by atoms with Crippen molar-refractivity contribution < 1.29 is 27.8 Å². The molecule has 2 aromatic rings. The Morgan fingerprint density at radius 2 is 1.72 bits per heavy atom. The number of alkyl halides is 2. The Bertz CT molecular complexity index is 910. The molecule has 8 heteroatoms. The fourth-order valence-electron chi connectivity index (χ4n) is 3.97. The number of carbonyl (C=O) groups excluding carboxylic acids is 2. The molecule has 6 nitrogen and oxygen atoms in total. The minimum Gasteiger partial charge on any atom is -0.484 e. The Hall–Kier alpha value is -3.16. The van der Waals surface area contributed by atoms with Gasteiger partial charge in [-0.1, -0.05) is 18.2 Å². The van der Waals surface area contributed by atoms with E-state index >= 15 is 0 Å². The van der Waals surface area contributed by atoms with E-state index in [0.717, 1.165) is 19.3 Å². The maximum Gasteiger partial charge on any atom is 0.387 e. The first kappa shape index (κ1) is 23.5. The number of ether oxygens (including phenoxy) is 2. The first-order chi connectivity index (χ1) is 15.3. The summed E-state index contributed by atoms with van der Waals surface area (Å²) in [4.78, 5) is 26.9. The molecule has 3 rings (SSSR count). The van der Waals surface area contributed by atoms with Crippen molar-refractivity contribution in [2.75, 3.05) is 6.61 Å². The summed E-state index contributed by atoms with van der Waals surface area (Å²) >= 11 is 0. The fourth-order valence-corrected chi connectivity index (χ4v) is 3.97. The zero-order chi connectivity index (χ0) is 23.1. The first-order valence-corrected chi connectivity index (χ1v) is 10.7. The lowest BCUT2D eigenvalue weighted by atomic mass is 9.97. The number of rotatable bonds is 8. The van der Waals surface area contributed by atoms with E-state index in [9.17, 15) is 18.4 Å². The molecule has 0 bridgehead atoms. The summed E-state index contributed by atoms with van der Waals surface area (Å²) < 4.78 is 35.1. The van der Waals surface area contributed by atoms with Crippen LogP contribution in [0.1, 0.15) is 49.0 Å². The van der Waals surface area contributed by atoms with Crippen molar-refractivity contribution in [1.82, 2.24) is 10.2 Å². The lowest BCUT2D eigenvalue weighted by Crippen LogP contribution is -2.49. The molecule has 1 N–H and O–H groups in total. The Morgan fingerprint density at radius 3 is 2.38 bits per heavy atom. The molecule has 2 atom stereocenters. The molecule has 1 aliphatic rings. The number of para-hydroxylation sites is 1. The topological polar surface area (TPSA) is 67.9 Å². The summed E-state index contributed by atoms with van der Waals surface area (Å²) in [5.74, 6) is 0.100. The van der Waals surface area contributed by atoms with Crippen molar-refractivity contribution in [3.63, 3.8) is 0 Å². The van der Waals surface area contributed by atoms with Crippen LogP contribution in [0.2, 0.25) is 0 Å². The molecule has 0 aliphatic carbocycles. The third kappa shape index (κ3) is 6.18. The lowest BCUT2D eigenvalue weighted by Gasteiger charge is -2.38. The smallest absolute Gasteiger partial charge is 0.387 e. The van der Waals surface area contributed by atoms with Gasteiger partial charge in [0.05, 0.1) is 0 Å². The SMILES string of the molecule is CC1CCCC(C)N1C(=O)COc1ccc(C(=O)NCc2ccccc2OC(F)F)cc1. The Labute approximate surface area is 186 Å². The van der Waals surface area contributed by atoms with Crippen LogP contribution < -0.4 is 14.8 Å². The van der Waals surface area contributed by atoms with Gasteiger partial charge in [0, 0.05) is 29.8 Å². The predicted molar refractivity (Wildman–Crippen MR) is 116 cm³/mol. The molecule has 1 saturated heterocycles. The molecule has 0 aromatic heterocycles. The van der Waals surface area contributed by atoms with E-state index in [2.05, 4.69) is 23.9 Å². The van der Waals surface area contributed by atoms with Crippen molar-refractivity contribution in [1.29, 1.82) is 0 Å². The first-order valence-electron chi connectivity index (χ1n) is 10.7. The van der Waals surface area contributed by atoms with Gasteiger partial charge in [0.15, 0.2) is 6.61 Å². The molecular formula is C24H28F2N2O4. The fraction of sp³-hybridized carbons (Fsp3) is 0.417. The number of carbonyl (C=O) groups is 2. The Morgan fingerprint density at radius 1 is 1.06 bits per heavy atom. The third-order valence-corrected chi connectivity index (χ3v) is 5.59. The van der Waals surface area contributed by atoms with E-state index < -0.39 is 6.61 Å². The Balaban J connectivity index is 1.52. The molecule has 0 spiro atoms. The number of nitrogens with one attached hydrogen (secondary N) is 1. The van der Waals surface area contributed by atoms with Gasteiger partial charge in [-0.25, -0.2) is 0 Å². The zero-order valence-electron chi connectivity index (χ0n) is 18.2. The van der Waals surface area contributed by atoms with Gasteiger partial charge in [-0.15, -0.1) is 0 Å². The molecule has 1 heterocycles. The van der Waals surface area contributed by atoms with Crippen LogP contribution in [0, 0.1) is 0 Å². The Kier molecular flexibility index (Phi) is 8.03. The van der Waals surface area contributed by atoms with Gasteiger partial charge < -0.3 is 19.7 Å². The summed E-state index contributed by atoms with van der Waals surface area (Å²) in [7, 11) is 0. The van der Waals surface area contributed by atoms with E-state index in [0.29, 0.717) is 16.9 Å². The lowest BCUT2D eigenvalue weighted by molar-refractivity contribution is -0.139. The molecule has 1 aliphatic heterocycles. The third-order valence-electron chi connectivity index (χ3n) is 5.59. The van der Waals surface area contributed by atoms with Crippen molar-refractivity contribution in [2.45, 2.75) is 58.3 Å². The van der Waals surface area contributed by atoms with Crippen LogP contribution in [0.4, 0.5) is 8.78 Å². The van der Waals surface area contributed by atoms with Crippen LogP contribution in [-0.2, 0) is 11.3 Å². The number of nitrogens with zero attached hydrogens (tertiary/aromatic N) is 1. The summed E-state index contributed by atoms with van der Waals surface area (Å²) in [6.45, 7) is 1.16. The van der Waals surface area contributed by atoms with E-state index in [1.807, 2.05) is 4.90 Å². The highest BCUT2D eigenvalue weighted by atomic mass is 19.3. The van der Waals surface area contributed by atoms with Crippen molar-refractivity contribution in [3.05, 3.63) is 59.7 Å². The minimum atomic E-state index is -2.94. The van der Waals surface area contributed by atoms with Crippen LogP contribution in [0.25, 0.3) is 0 Å². The predicted octanol–water partition coefficient (Wildman–Crippen LogP) is 4.39. The van der Waals surface area contributed by atoms with Crippen molar-refractivity contribution >= 4 is 11.8 Å². The van der Waals surface area contributed by atoms with Gasteiger partial charge in [-0.05, 0) is 63.4 Å². The van der Waals surface area contributed by atoms with Gasteiger partial charge in [-0.2, -0.15) is 8.78 Å². The number of likely N-dealkylation sites (tertiary alicyclic amines) is 1. The quantitative estimate of drug-likeness (QED) is 0.653. The molecule has 0 radical (unpaired) electrons. The van der Waals surface area contributed by atoms with Gasteiger partial charge in [0.2, 0.25) is 0 Å². The number of amides is 2. The van der Waals surface area contributed by atoms with Crippen LogP contribution in [0.15, 0.2) is 48.5 Å². The number of piperidine rings is 1. The second-order valence-electron chi connectivity index (χ2n) is 7.91. The maximum atomic E-state index is 12.6. The van der Waals surface area contributed by atoms with E-state index in [1.54, 1.807) is 42.5 Å². The number of halogens is 2. The number of hydrogen-bond acceptors (Lipinski definition) is 4. The highest BCUT2D eigenvalue weighted by Crippen LogP contribution is 2.23. The van der Waals surface area contributed by atoms with Crippen LogP contribution in [0.5, 0.6) is 11.5 Å². The van der Waals surface area contributed by atoms with Gasteiger partial charge in [0.25, 0.3) is 11.8 Å². The molecule has 1 fully saturated rings. The summed E-state index contributed by atoms with van der Waals surface area (Å²) in [6.07, 6.45) is 3.12. The average Bonchev–Trinajstić information content (AvgIpc) is 2.77. The van der Waals surface area contributed by atoms with Crippen molar-refractivity contribution in [3.8, 4) is 11.5 Å². The molecular weight excluding hydrogens is 418 g/mol. The largest absolute Gasteiger partial charge is 0.484 e. The molecule has 2 aromatic carbocycles. The normalized spacial score (nSPS) is 18.3. The average molecular weight is 446 g/mol. The van der Waals surface area contributed by atoms with Crippen molar-refractivity contribution in [2.24, 2.45) is 0 Å². The number of hydrogen-bond donors (Lipinski definition) is 1. The molecule has 32 heavy (non-hydrogen) atoms. The van der Waals surface area contributed by atoms with Gasteiger partial charge >= 0.3 is 6.61 Å². The van der Waals surface area contributed by atoms with Gasteiger partial charge in [-0.3, -0.25) is 9.59 Å². The minimum absolute atomic E-state index is 0.0218. The molecule has 2 unspecified atom stereocenters. The standard InChI is InChI=1S/C24H28F2N2O4/c1-16-6-5-7-17(2)28(16)22(29)15-31-20-12-10-18(11-13-20)23(30)27-14-19-8-3-4-9-21(19)32-24(25)26/h3-4,8-13,16-17,24H,5-7,14-15H2,1-2H3,(H,27,30). The summed E-state index contributed by atoms with van der Waals surface area (Å²) in [5.41, 5.74) is 0.829. The zero-order valence-corrected chi connectivity index (χ0v) is 18.2. The van der Waals surface area contributed by atoms with Crippen LogP contribution in [-0.4, -0.2) is 42.0 Å². The summed E-state index contributed by atoms with van der Waals surface area (Å²) in [6, 6.07) is 13.1. The molecule has 2 amide bonds. The van der Waals surface area contributed by atoms with E-state index in [1.165, 1.54) is 6.07 Å². The molecule has 0 saturated carbocycles. The van der Waals surface area contributed by atoms with E-state index in [4.69, 9.17) is 4.74 Å².